The lowest BCUT2D eigenvalue weighted by molar-refractivity contribution is -0.138. The minimum absolute atomic E-state index is 0. The first-order valence-electron chi connectivity index (χ1n) is 3.58. The van der Waals surface area contributed by atoms with E-state index in [4.69, 9.17) is 22.3 Å². The van der Waals surface area contributed by atoms with Crippen molar-refractivity contribution < 1.29 is 9.90 Å². The molecule has 0 aliphatic heterocycles. The molecular weight excluding hydrogens is 287 g/mol. The van der Waals surface area contributed by atoms with E-state index in [1.165, 1.54) is 0 Å². The van der Waals surface area contributed by atoms with E-state index in [-0.39, 0.29) is 29.9 Å². The Morgan fingerprint density at radius 3 is 2.38 bits per heavy atom. The minimum atomic E-state index is -1.00. The molecule has 0 aromatic heterocycles. The first kappa shape index (κ1) is 14.9. The van der Waals surface area contributed by atoms with E-state index >= 15 is 0 Å². The van der Waals surface area contributed by atoms with E-state index in [0.717, 1.165) is 0 Å². The number of hydrogen-bond acceptors (Lipinski definition) is 3. The molecule has 6 nitrogen and oxygen atoms in total. The Morgan fingerprint density at radius 2 is 2.00 bits per heavy atom. The maximum atomic E-state index is 10.2. The number of carboxylic acids is 1. The normalized spacial score (nSPS) is 11.2. The van der Waals surface area contributed by atoms with E-state index < -0.39 is 12.0 Å². The smallest absolute Gasteiger partial charge is 0.320 e. The van der Waals surface area contributed by atoms with Gasteiger partial charge in [-0.15, -0.1) is 24.0 Å². The molecule has 0 heterocycles. The molecule has 0 spiro atoms. The van der Waals surface area contributed by atoms with E-state index in [1.54, 1.807) is 0 Å². The number of halogens is 1. The molecule has 0 amide bonds. The number of carbonyl (C=O) groups is 1. The summed E-state index contributed by atoms with van der Waals surface area (Å²) in [7, 11) is 0. The van der Waals surface area contributed by atoms with E-state index in [9.17, 15) is 4.79 Å². The second-order valence-corrected chi connectivity index (χ2v) is 2.39. The third-order valence-corrected chi connectivity index (χ3v) is 1.28. The summed E-state index contributed by atoms with van der Waals surface area (Å²) in [4.78, 5) is 13.9. The average Bonchev–Trinajstić information content (AvgIpc) is 1.97. The van der Waals surface area contributed by atoms with Crippen molar-refractivity contribution in [1.82, 2.24) is 0 Å². The Kier molecular flexibility index (Phi) is 9.24. The van der Waals surface area contributed by atoms with Crippen molar-refractivity contribution >= 4 is 35.9 Å². The largest absolute Gasteiger partial charge is 0.480 e. The summed E-state index contributed by atoms with van der Waals surface area (Å²) in [6.45, 7) is 0.420. The van der Waals surface area contributed by atoms with Crippen LogP contribution in [0.25, 0.3) is 0 Å². The monoisotopic (exact) mass is 302 g/mol. The summed E-state index contributed by atoms with van der Waals surface area (Å²) in [5.41, 5.74) is 15.3. The lowest BCUT2D eigenvalue weighted by Gasteiger charge is -2.03. The van der Waals surface area contributed by atoms with Crippen molar-refractivity contribution in [2.45, 2.75) is 18.9 Å². The molecule has 0 radical (unpaired) electrons. The van der Waals surface area contributed by atoms with Gasteiger partial charge in [-0.25, -0.2) is 0 Å². The summed E-state index contributed by atoms with van der Waals surface area (Å²) >= 11 is 0. The second kappa shape index (κ2) is 8.05. The van der Waals surface area contributed by atoms with Gasteiger partial charge in [-0.2, -0.15) is 0 Å². The van der Waals surface area contributed by atoms with Gasteiger partial charge in [0.15, 0.2) is 5.96 Å². The van der Waals surface area contributed by atoms with Crippen molar-refractivity contribution in [2.24, 2.45) is 22.2 Å². The molecule has 0 aliphatic carbocycles. The summed E-state index contributed by atoms with van der Waals surface area (Å²) in [6, 6.07) is -0.820. The lowest BCUT2D eigenvalue weighted by Crippen LogP contribution is -2.30. The fraction of sp³-hybridized carbons (Fsp3) is 0.667. The zero-order valence-corrected chi connectivity index (χ0v) is 9.47. The molecular formula is C6H15IN4O2. The number of carboxylic acid groups (broad SMARTS) is 1. The predicted octanol–water partition coefficient (Wildman–Crippen LogP) is -0.930. The molecule has 7 heteroatoms. The third kappa shape index (κ3) is 9.34. The number of guanidine groups is 1. The van der Waals surface area contributed by atoms with Crippen LogP contribution in [0.2, 0.25) is 0 Å². The third-order valence-electron chi connectivity index (χ3n) is 1.28. The first-order chi connectivity index (χ1) is 5.54. The Morgan fingerprint density at radius 1 is 1.46 bits per heavy atom. The molecule has 1 atom stereocenters. The Balaban J connectivity index is 0. The van der Waals surface area contributed by atoms with Gasteiger partial charge in [0.2, 0.25) is 0 Å². The van der Waals surface area contributed by atoms with Crippen LogP contribution < -0.4 is 17.2 Å². The zero-order valence-electron chi connectivity index (χ0n) is 7.14. The predicted molar refractivity (Wildman–Crippen MR) is 60.9 cm³/mol. The summed E-state index contributed by atoms with van der Waals surface area (Å²) in [6.07, 6.45) is 0.956. The van der Waals surface area contributed by atoms with Crippen LogP contribution in [-0.4, -0.2) is 29.6 Å². The van der Waals surface area contributed by atoms with Gasteiger partial charge in [0.1, 0.15) is 6.04 Å². The average molecular weight is 302 g/mol. The summed E-state index contributed by atoms with van der Waals surface area (Å²) < 4.78 is 0. The topological polar surface area (TPSA) is 128 Å². The van der Waals surface area contributed by atoms with E-state index in [2.05, 4.69) is 4.99 Å². The quantitative estimate of drug-likeness (QED) is 0.226. The van der Waals surface area contributed by atoms with Gasteiger partial charge >= 0.3 is 5.97 Å². The maximum Gasteiger partial charge on any atom is 0.320 e. The van der Waals surface area contributed by atoms with E-state index in [0.29, 0.717) is 19.4 Å². The van der Waals surface area contributed by atoms with Gasteiger partial charge in [-0.3, -0.25) is 9.79 Å². The molecule has 0 saturated heterocycles. The molecule has 7 N–H and O–H groups in total. The minimum Gasteiger partial charge on any atom is -0.480 e. The van der Waals surface area contributed by atoms with Gasteiger partial charge in [0, 0.05) is 6.54 Å². The van der Waals surface area contributed by atoms with Gasteiger partial charge in [-0.05, 0) is 12.8 Å². The van der Waals surface area contributed by atoms with Gasteiger partial charge in [0.25, 0.3) is 0 Å². The molecule has 13 heavy (non-hydrogen) atoms. The molecule has 78 valence electrons. The van der Waals surface area contributed by atoms with Crippen LogP contribution >= 0.6 is 24.0 Å². The van der Waals surface area contributed by atoms with E-state index in [1.807, 2.05) is 0 Å². The highest BCUT2D eigenvalue weighted by atomic mass is 127. The molecule has 0 saturated carbocycles. The van der Waals surface area contributed by atoms with Crippen LogP contribution in [0.4, 0.5) is 0 Å². The number of aliphatic carboxylic acids is 1. The number of aliphatic imine (C=N–C) groups is 1. The number of hydrogen-bond donors (Lipinski definition) is 4. The molecule has 0 aromatic carbocycles. The van der Waals surface area contributed by atoms with Gasteiger partial charge < -0.3 is 22.3 Å². The SMILES string of the molecule is I.NC(N)=NCCCC(N)C(=O)O. The van der Waals surface area contributed by atoms with Crippen LogP contribution in [0.15, 0.2) is 4.99 Å². The highest BCUT2D eigenvalue weighted by molar-refractivity contribution is 14.0. The van der Waals surface area contributed by atoms with Crippen LogP contribution in [0.1, 0.15) is 12.8 Å². The highest BCUT2D eigenvalue weighted by Gasteiger charge is 2.09. The number of nitrogens with zero attached hydrogens (tertiary/aromatic N) is 1. The first-order valence-corrected chi connectivity index (χ1v) is 3.58. The van der Waals surface area contributed by atoms with Crippen LogP contribution in [0.5, 0.6) is 0 Å². The van der Waals surface area contributed by atoms with Crippen LogP contribution in [0, 0.1) is 0 Å². The fourth-order valence-corrected chi connectivity index (χ4v) is 0.643. The highest BCUT2D eigenvalue weighted by Crippen LogP contribution is 1.94. The molecule has 0 aliphatic rings. The molecule has 0 aromatic rings. The summed E-state index contributed by atoms with van der Waals surface area (Å²) in [5.74, 6) is -0.987. The molecule has 0 fully saturated rings. The van der Waals surface area contributed by atoms with Crippen molar-refractivity contribution in [3.05, 3.63) is 0 Å². The van der Waals surface area contributed by atoms with Crippen LogP contribution in [-0.2, 0) is 4.79 Å². The van der Waals surface area contributed by atoms with Crippen molar-refractivity contribution in [1.29, 1.82) is 0 Å². The Hall–Kier alpha value is -0.570. The number of nitrogens with two attached hydrogens (primary N) is 3. The van der Waals surface area contributed by atoms with Crippen molar-refractivity contribution in [2.75, 3.05) is 6.54 Å². The molecule has 1 unspecified atom stereocenters. The van der Waals surface area contributed by atoms with Crippen molar-refractivity contribution in [3.63, 3.8) is 0 Å². The van der Waals surface area contributed by atoms with Gasteiger partial charge in [-0.1, -0.05) is 0 Å². The molecule has 0 bridgehead atoms. The second-order valence-electron chi connectivity index (χ2n) is 2.39. The zero-order chi connectivity index (χ0) is 9.56. The van der Waals surface area contributed by atoms with Crippen LogP contribution in [0.3, 0.4) is 0 Å². The maximum absolute atomic E-state index is 10.2. The number of rotatable bonds is 5. The summed E-state index contributed by atoms with van der Waals surface area (Å²) in [5, 5.41) is 8.38. The lowest BCUT2D eigenvalue weighted by atomic mass is 10.2. The Bertz CT molecular complexity index is 181. The fourth-order valence-electron chi connectivity index (χ4n) is 0.643. The van der Waals surface area contributed by atoms with Crippen molar-refractivity contribution in [3.8, 4) is 0 Å². The standard InChI is InChI=1S/C6H14N4O2.HI/c7-4(5(11)12)2-1-3-10-6(8)9;/h4H,1-3,7H2,(H,11,12)(H4,8,9,10);1H. The Labute approximate surface area is 93.6 Å². The molecule has 0 rings (SSSR count). The van der Waals surface area contributed by atoms with Gasteiger partial charge in [0.05, 0.1) is 0 Å².